The Morgan fingerprint density at radius 2 is 2.03 bits per heavy atom. The van der Waals surface area contributed by atoms with E-state index in [9.17, 15) is 9.18 Å². The van der Waals surface area contributed by atoms with Crippen LogP contribution in [0.2, 0.25) is 0 Å². The van der Waals surface area contributed by atoms with Crippen LogP contribution in [0.15, 0.2) is 55.0 Å². The molecule has 4 rings (SSSR count). The third-order valence-electron chi connectivity index (χ3n) is 5.05. The predicted molar refractivity (Wildman–Crippen MR) is 121 cm³/mol. The number of pyridine rings is 1. The minimum atomic E-state index is -0.321. The highest BCUT2D eigenvalue weighted by Gasteiger charge is 2.20. The fourth-order valence-electron chi connectivity index (χ4n) is 3.40. The number of hydrogen-bond acceptors (Lipinski definition) is 6. The summed E-state index contributed by atoms with van der Waals surface area (Å²) in [5.41, 5.74) is 2.57. The largest absolute Gasteiger partial charge is 0.359 e. The molecule has 1 N–H and O–H groups in total. The number of aromatic nitrogens is 3. The molecular weight excluding hydrogens is 413 g/mol. The third kappa shape index (κ3) is 4.69. The maximum absolute atomic E-state index is 13.4. The van der Waals surface area contributed by atoms with Gasteiger partial charge in [0.05, 0.1) is 10.3 Å². The van der Waals surface area contributed by atoms with E-state index in [4.69, 9.17) is 0 Å². The molecule has 0 fully saturated rings. The Labute approximate surface area is 183 Å². The number of nitrogens with zero attached hydrogens (tertiary/aromatic N) is 4. The Balaban J connectivity index is 1.53. The summed E-state index contributed by atoms with van der Waals surface area (Å²) >= 11 is 1.34. The van der Waals surface area contributed by atoms with Gasteiger partial charge in [-0.1, -0.05) is 18.2 Å². The van der Waals surface area contributed by atoms with Crippen LogP contribution in [-0.2, 0) is 13.0 Å². The highest BCUT2D eigenvalue weighted by atomic mass is 32.1. The molecule has 4 aromatic rings. The summed E-state index contributed by atoms with van der Waals surface area (Å²) in [7, 11) is 1.98. The number of amides is 1. The van der Waals surface area contributed by atoms with E-state index in [1.54, 1.807) is 18.3 Å². The molecule has 0 saturated heterocycles. The van der Waals surface area contributed by atoms with Crippen molar-refractivity contribution in [2.75, 3.05) is 18.5 Å². The van der Waals surface area contributed by atoms with Crippen LogP contribution in [0.3, 0.4) is 0 Å². The van der Waals surface area contributed by atoms with E-state index in [0.29, 0.717) is 10.4 Å². The van der Waals surface area contributed by atoms with E-state index in [0.717, 1.165) is 40.3 Å². The predicted octanol–water partition coefficient (Wildman–Crippen LogP) is 4.14. The average molecular weight is 436 g/mol. The number of benzene rings is 1. The van der Waals surface area contributed by atoms with Crippen molar-refractivity contribution in [1.29, 1.82) is 0 Å². The number of nitrogens with one attached hydrogen (secondary N) is 1. The van der Waals surface area contributed by atoms with Crippen LogP contribution >= 0.6 is 11.3 Å². The summed E-state index contributed by atoms with van der Waals surface area (Å²) < 4.78 is 13.4. The molecule has 0 atom stereocenters. The lowest BCUT2D eigenvalue weighted by atomic mass is 10.1. The first kappa shape index (κ1) is 20.9. The molecular formula is C23H22FN5OS. The summed E-state index contributed by atoms with van der Waals surface area (Å²) in [5.74, 6) is 0.268. The minimum absolute atomic E-state index is 0.202. The van der Waals surface area contributed by atoms with Crippen molar-refractivity contribution >= 4 is 33.3 Å². The number of thiophene rings is 1. The van der Waals surface area contributed by atoms with Gasteiger partial charge in [0.25, 0.3) is 5.91 Å². The van der Waals surface area contributed by atoms with Crippen molar-refractivity contribution in [3.63, 3.8) is 0 Å². The zero-order chi connectivity index (χ0) is 21.8. The highest BCUT2D eigenvalue weighted by molar-refractivity contribution is 7.20. The van der Waals surface area contributed by atoms with Gasteiger partial charge in [0, 0.05) is 38.4 Å². The van der Waals surface area contributed by atoms with Crippen LogP contribution in [0.4, 0.5) is 10.2 Å². The van der Waals surface area contributed by atoms with Crippen LogP contribution in [0.5, 0.6) is 0 Å². The molecule has 6 nitrogen and oxygen atoms in total. The summed E-state index contributed by atoms with van der Waals surface area (Å²) in [6, 6.07) is 12.1. The number of carbonyl (C=O) groups is 1. The first-order valence-corrected chi connectivity index (χ1v) is 10.7. The first-order chi connectivity index (χ1) is 15.0. The summed E-state index contributed by atoms with van der Waals surface area (Å²) in [6.45, 7) is 2.90. The van der Waals surface area contributed by atoms with Gasteiger partial charge in [0.1, 0.15) is 22.8 Å². The lowest BCUT2D eigenvalue weighted by Gasteiger charge is -2.19. The number of aryl methyl sites for hydroxylation is 1. The standard InChI is InChI=1S/C23H22FN5OS/c1-15-19-21(29(2)11-9-18-8-3-4-10-25-18)27-14-28-23(19)31-20(15)22(30)26-13-16-6-5-7-17(24)12-16/h3-8,10,12,14H,9,11,13H2,1-2H3,(H,26,30). The van der Waals surface area contributed by atoms with Gasteiger partial charge in [0.2, 0.25) is 0 Å². The Bertz CT molecular complexity index is 1210. The zero-order valence-electron chi connectivity index (χ0n) is 17.3. The number of halogens is 1. The van der Waals surface area contributed by atoms with Crippen LogP contribution in [0.25, 0.3) is 10.2 Å². The minimum Gasteiger partial charge on any atom is -0.359 e. The molecule has 0 radical (unpaired) electrons. The van der Waals surface area contributed by atoms with Crippen molar-refractivity contribution < 1.29 is 9.18 Å². The van der Waals surface area contributed by atoms with Gasteiger partial charge in [0.15, 0.2) is 0 Å². The Kier molecular flexibility index (Phi) is 6.18. The second-order valence-corrected chi connectivity index (χ2v) is 8.24. The molecule has 3 heterocycles. The normalized spacial score (nSPS) is 10.9. The number of fused-ring (bicyclic) bond motifs is 1. The van der Waals surface area contributed by atoms with E-state index < -0.39 is 0 Å². The van der Waals surface area contributed by atoms with Gasteiger partial charge in [-0.3, -0.25) is 9.78 Å². The van der Waals surface area contributed by atoms with Crippen LogP contribution in [-0.4, -0.2) is 34.5 Å². The molecule has 3 aromatic heterocycles. The van der Waals surface area contributed by atoms with Crippen molar-refractivity contribution in [3.05, 3.63) is 82.5 Å². The Hall–Kier alpha value is -3.39. The molecule has 0 saturated carbocycles. The van der Waals surface area contributed by atoms with E-state index >= 15 is 0 Å². The van der Waals surface area contributed by atoms with Crippen LogP contribution in [0, 0.1) is 12.7 Å². The molecule has 0 unspecified atom stereocenters. The number of likely N-dealkylation sites (N-methyl/N-ethyl adjacent to an activating group) is 1. The molecule has 0 aliphatic rings. The van der Waals surface area contributed by atoms with Gasteiger partial charge in [-0.15, -0.1) is 11.3 Å². The maximum atomic E-state index is 13.4. The number of rotatable bonds is 7. The summed E-state index contributed by atoms with van der Waals surface area (Å²) in [5, 5.41) is 3.76. The zero-order valence-corrected chi connectivity index (χ0v) is 18.1. The van der Waals surface area contributed by atoms with Crippen LogP contribution in [0.1, 0.15) is 26.5 Å². The van der Waals surface area contributed by atoms with Gasteiger partial charge >= 0.3 is 0 Å². The Morgan fingerprint density at radius 1 is 1.16 bits per heavy atom. The van der Waals surface area contributed by atoms with Gasteiger partial charge < -0.3 is 10.2 Å². The maximum Gasteiger partial charge on any atom is 0.261 e. The van der Waals surface area contributed by atoms with E-state index in [1.165, 1.54) is 29.8 Å². The lowest BCUT2D eigenvalue weighted by molar-refractivity contribution is 0.0954. The lowest BCUT2D eigenvalue weighted by Crippen LogP contribution is -2.23. The first-order valence-electron chi connectivity index (χ1n) is 9.90. The van der Waals surface area contributed by atoms with E-state index in [2.05, 4.69) is 25.2 Å². The molecule has 1 amide bonds. The SMILES string of the molecule is Cc1c(C(=O)NCc2cccc(F)c2)sc2ncnc(N(C)CCc3ccccn3)c12. The smallest absolute Gasteiger partial charge is 0.261 e. The molecule has 8 heteroatoms. The van der Waals surface area contributed by atoms with E-state index in [1.807, 2.05) is 32.2 Å². The molecule has 0 bridgehead atoms. The van der Waals surface area contributed by atoms with Crippen LogP contribution < -0.4 is 10.2 Å². The molecule has 0 aliphatic heterocycles. The molecule has 158 valence electrons. The monoisotopic (exact) mass is 435 g/mol. The fraction of sp³-hybridized carbons (Fsp3) is 0.217. The van der Waals surface area contributed by atoms with Crippen molar-refractivity contribution in [1.82, 2.24) is 20.3 Å². The third-order valence-corrected chi connectivity index (χ3v) is 6.24. The number of hydrogen-bond donors (Lipinski definition) is 1. The molecule has 1 aromatic carbocycles. The summed E-state index contributed by atoms with van der Waals surface area (Å²) in [4.78, 5) is 29.5. The number of carbonyl (C=O) groups excluding carboxylic acids is 1. The fourth-order valence-corrected chi connectivity index (χ4v) is 4.46. The van der Waals surface area contributed by atoms with Gasteiger partial charge in [-0.05, 0) is 42.3 Å². The quantitative estimate of drug-likeness (QED) is 0.472. The molecule has 31 heavy (non-hydrogen) atoms. The topological polar surface area (TPSA) is 71.0 Å². The molecule has 0 spiro atoms. The number of anilines is 1. The second kappa shape index (κ2) is 9.18. The van der Waals surface area contributed by atoms with Crippen molar-refractivity contribution in [2.45, 2.75) is 19.9 Å². The van der Waals surface area contributed by atoms with Crippen molar-refractivity contribution in [2.24, 2.45) is 0 Å². The highest BCUT2D eigenvalue weighted by Crippen LogP contribution is 2.34. The van der Waals surface area contributed by atoms with Gasteiger partial charge in [-0.2, -0.15) is 0 Å². The average Bonchev–Trinajstić information content (AvgIpc) is 3.13. The summed E-state index contributed by atoms with van der Waals surface area (Å²) in [6.07, 6.45) is 4.10. The van der Waals surface area contributed by atoms with E-state index in [-0.39, 0.29) is 18.3 Å². The van der Waals surface area contributed by atoms with Gasteiger partial charge in [-0.25, -0.2) is 14.4 Å². The second-order valence-electron chi connectivity index (χ2n) is 7.24. The van der Waals surface area contributed by atoms with Crippen molar-refractivity contribution in [3.8, 4) is 0 Å². The Morgan fingerprint density at radius 3 is 2.81 bits per heavy atom. The molecule has 0 aliphatic carbocycles.